The first-order valence-corrected chi connectivity index (χ1v) is 6.97. The van der Waals surface area contributed by atoms with Crippen LogP contribution in [0.3, 0.4) is 0 Å². The maximum Gasteiger partial charge on any atom is 0.0965 e. The maximum atomic E-state index is 5.90. The number of alkyl halides is 1. The quantitative estimate of drug-likeness (QED) is 0.552. The summed E-state index contributed by atoms with van der Waals surface area (Å²) in [6, 6.07) is 5.68. The van der Waals surface area contributed by atoms with Crippen LogP contribution in [0.25, 0.3) is 5.69 Å². The molecule has 0 radical (unpaired) electrons. The summed E-state index contributed by atoms with van der Waals surface area (Å²) in [6.07, 6.45) is 1.91. The fourth-order valence-electron chi connectivity index (χ4n) is 1.24. The number of aromatic nitrogens is 3. The summed E-state index contributed by atoms with van der Waals surface area (Å²) in [5, 5.41) is 8.90. The van der Waals surface area contributed by atoms with Gasteiger partial charge in [0.1, 0.15) is 0 Å². The van der Waals surface area contributed by atoms with E-state index in [4.69, 9.17) is 11.6 Å². The Bertz CT molecular complexity index is 513. The molecule has 16 heavy (non-hydrogen) atoms. The van der Waals surface area contributed by atoms with Crippen molar-refractivity contribution in [2.45, 2.75) is 11.8 Å². The minimum atomic E-state index is 0.200. The Morgan fingerprint density at radius 2 is 2.25 bits per heavy atom. The summed E-state index contributed by atoms with van der Waals surface area (Å²) in [5.41, 5.74) is 1.89. The van der Waals surface area contributed by atoms with Gasteiger partial charge in [-0.05, 0) is 47.7 Å². The number of rotatable bonds is 2. The van der Waals surface area contributed by atoms with Gasteiger partial charge in [0.25, 0.3) is 0 Å². The molecular weight excluding hydrogens is 404 g/mol. The van der Waals surface area contributed by atoms with Gasteiger partial charge in [0.15, 0.2) is 0 Å². The predicted octanol–water partition coefficient (Wildman–Crippen LogP) is 3.98. The van der Waals surface area contributed by atoms with Gasteiger partial charge in [0.05, 0.1) is 22.4 Å². The van der Waals surface area contributed by atoms with Gasteiger partial charge in [-0.1, -0.05) is 32.7 Å². The van der Waals surface area contributed by atoms with Crippen molar-refractivity contribution in [1.82, 2.24) is 15.0 Å². The molecule has 1 atom stereocenters. The number of halogens is 3. The molecule has 0 aliphatic carbocycles. The molecule has 0 spiro atoms. The van der Waals surface area contributed by atoms with Crippen LogP contribution in [0, 0.1) is 3.57 Å². The molecule has 2 aromatic rings. The van der Waals surface area contributed by atoms with E-state index in [1.807, 2.05) is 31.3 Å². The van der Waals surface area contributed by atoms with Gasteiger partial charge in [-0.3, -0.25) is 0 Å². The lowest BCUT2D eigenvalue weighted by Crippen LogP contribution is -1.97. The number of benzene rings is 1. The largest absolute Gasteiger partial charge is 0.219 e. The zero-order valence-corrected chi connectivity index (χ0v) is 12.9. The molecule has 0 saturated heterocycles. The molecule has 1 aromatic carbocycles. The van der Waals surface area contributed by atoms with E-state index in [1.165, 1.54) is 0 Å². The van der Waals surface area contributed by atoms with Crippen molar-refractivity contribution in [2.75, 3.05) is 0 Å². The van der Waals surface area contributed by atoms with Gasteiger partial charge in [-0.25, -0.2) is 4.68 Å². The second-order valence-electron chi connectivity index (χ2n) is 3.30. The van der Waals surface area contributed by atoms with Crippen molar-refractivity contribution in [3.63, 3.8) is 0 Å². The summed E-state index contributed by atoms with van der Waals surface area (Å²) in [7, 11) is 0. The lowest BCUT2D eigenvalue weighted by atomic mass is 10.3. The molecule has 0 aliphatic heterocycles. The molecule has 0 bridgehead atoms. The minimum Gasteiger partial charge on any atom is -0.219 e. The highest BCUT2D eigenvalue weighted by Crippen LogP contribution is 2.23. The van der Waals surface area contributed by atoms with Crippen LogP contribution in [0.15, 0.2) is 24.4 Å². The van der Waals surface area contributed by atoms with Crippen LogP contribution in [-0.4, -0.2) is 15.0 Å². The topological polar surface area (TPSA) is 30.7 Å². The molecular formula is C10H8BrClIN3. The van der Waals surface area contributed by atoms with Gasteiger partial charge in [0.2, 0.25) is 0 Å². The Morgan fingerprint density at radius 3 is 2.81 bits per heavy atom. The number of hydrogen-bond acceptors (Lipinski definition) is 2. The number of nitrogens with zero attached hydrogens (tertiary/aromatic N) is 3. The molecule has 1 heterocycles. The SMILES string of the molecule is CC(Br)c1cn(-c2ccc(Cl)cc2I)nn1. The van der Waals surface area contributed by atoms with Gasteiger partial charge >= 0.3 is 0 Å². The van der Waals surface area contributed by atoms with Crippen LogP contribution >= 0.6 is 50.1 Å². The average molecular weight is 412 g/mol. The Balaban J connectivity index is 2.42. The predicted molar refractivity (Wildman–Crippen MR) is 76.4 cm³/mol. The van der Waals surface area contributed by atoms with Gasteiger partial charge < -0.3 is 0 Å². The van der Waals surface area contributed by atoms with Gasteiger partial charge in [-0.15, -0.1) is 5.10 Å². The van der Waals surface area contributed by atoms with Crippen molar-refractivity contribution in [3.8, 4) is 5.69 Å². The number of hydrogen-bond donors (Lipinski definition) is 0. The highest BCUT2D eigenvalue weighted by Gasteiger charge is 2.09. The van der Waals surface area contributed by atoms with Crippen LogP contribution < -0.4 is 0 Å². The third-order valence-corrected chi connectivity index (χ3v) is 3.64. The summed E-state index contributed by atoms with van der Waals surface area (Å²) < 4.78 is 2.80. The van der Waals surface area contributed by atoms with Gasteiger partial charge in [-0.2, -0.15) is 0 Å². The summed E-state index contributed by atoms with van der Waals surface area (Å²) in [4.78, 5) is 0.200. The third kappa shape index (κ3) is 2.57. The fraction of sp³-hybridized carbons (Fsp3) is 0.200. The highest BCUT2D eigenvalue weighted by molar-refractivity contribution is 14.1. The van der Waals surface area contributed by atoms with E-state index in [9.17, 15) is 0 Å². The Morgan fingerprint density at radius 1 is 1.50 bits per heavy atom. The van der Waals surface area contributed by atoms with Crippen molar-refractivity contribution in [3.05, 3.63) is 38.7 Å². The second kappa shape index (κ2) is 5.01. The van der Waals surface area contributed by atoms with Crippen molar-refractivity contribution >= 4 is 50.1 Å². The second-order valence-corrected chi connectivity index (χ2v) is 6.27. The average Bonchev–Trinajstić information content (AvgIpc) is 2.66. The van der Waals surface area contributed by atoms with Crippen molar-refractivity contribution in [1.29, 1.82) is 0 Å². The zero-order chi connectivity index (χ0) is 11.7. The molecule has 3 nitrogen and oxygen atoms in total. The zero-order valence-electron chi connectivity index (χ0n) is 8.36. The van der Waals surface area contributed by atoms with Crippen LogP contribution in [-0.2, 0) is 0 Å². The van der Waals surface area contributed by atoms with Crippen LogP contribution in [0.5, 0.6) is 0 Å². The first-order valence-electron chi connectivity index (χ1n) is 4.59. The minimum absolute atomic E-state index is 0.200. The van der Waals surface area contributed by atoms with Crippen LogP contribution in [0.1, 0.15) is 17.4 Å². The lowest BCUT2D eigenvalue weighted by molar-refractivity contribution is 0.794. The Labute approximate surface area is 120 Å². The van der Waals surface area contributed by atoms with Gasteiger partial charge in [0, 0.05) is 8.59 Å². The molecule has 0 saturated carbocycles. The first-order chi connectivity index (χ1) is 7.58. The molecule has 0 N–H and O–H groups in total. The molecule has 84 valence electrons. The van der Waals surface area contributed by atoms with Crippen molar-refractivity contribution < 1.29 is 0 Å². The smallest absolute Gasteiger partial charge is 0.0965 e. The molecule has 0 aliphatic rings. The molecule has 2 rings (SSSR count). The Hall–Kier alpha value is -0.140. The van der Waals surface area contributed by atoms with E-state index in [-0.39, 0.29) is 4.83 Å². The fourth-order valence-corrected chi connectivity index (χ4v) is 2.57. The Kier molecular flexibility index (Phi) is 3.86. The molecule has 6 heteroatoms. The van der Waals surface area contributed by atoms with E-state index in [0.29, 0.717) is 0 Å². The highest BCUT2D eigenvalue weighted by atomic mass is 127. The maximum absolute atomic E-state index is 5.90. The molecule has 1 aromatic heterocycles. The first kappa shape index (κ1) is 12.3. The van der Waals surface area contributed by atoms with E-state index < -0.39 is 0 Å². The van der Waals surface area contributed by atoms with E-state index in [0.717, 1.165) is 20.0 Å². The summed E-state index contributed by atoms with van der Waals surface area (Å²) >= 11 is 11.6. The van der Waals surface area contributed by atoms with Crippen molar-refractivity contribution in [2.24, 2.45) is 0 Å². The molecule has 0 fully saturated rings. The van der Waals surface area contributed by atoms with Crippen LogP contribution in [0.2, 0.25) is 5.02 Å². The molecule has 0 amide bonds. The normalized spacial score (nSPS) is 12.8. The van der Waals surface area contributed by atoms with E-state index in [2.05, 4.69) is 48.8 Å². The standard InChI is InChI=1S/C10H8BrClIN3/c1-6(11)9-5-16(15-14-9)10-3-2-7(12)4-8(10)13/h2-6H,1H3. The summed E-state index contributed by atoms with van der Waals surface area (Å²) in [6.45, 7) is 2.02. The third-order valence-electron chi connectivity index (χ3n) is 2.08. The molecule has 1 unspecified atom stereocenters. The van der Waals surface area contributed by atoms with E-state index in [1.54, 1.807) is 4.68 Å². The van der Waals surface area contributed by atoms with E-state index >= 15 is 0 Å². The van der Waals surface area contributed by atoms with Crippen LogP contribution in [0.4, 0.5) is 0 Å². The monoisotopic (exact) mass is 411 g/mol. The lowest BCUT2D eigenvalue weighted by Gasteiger charge is -2.03. The summed E-state index contributed by atoms with van der Waals surface area (Å²) in [5.74, 6) is 0.